The molecule has 0 amide bonds. The Balaban J connectivity index is 4.86. The predicted molar refractivity (Wildman–Crippen MR) is 93.0 cm³/mol. The van der Waals surface area contributed by atoms with Crippen molar-refractivity contribution >= 4 is 74.7 Å². The molecule has 6 nitrogen and oxygen atoms in total. The van der Waals surface area contributed by atoms with Gasteiger partial charge in [-0.05, 0) is 0 Å². The summed E-state index contributed by atoms with van der Waals surface area (Å²) in [5.74, 6) is -1.61. The van der Waals surface area contributed by atoms with E-state index in [0.29, 0.717) is 0 Å². The second kappa shape index (κ2) is 11.8. The number of thioether (sulfide) groups is 3. The molecule has 0 aromatic rings. The van der Waals surface area contributed by atoms with Crippen LogP contribution in [-0.2, 0) is 23.4 Å². The van der Waals surface area contributed by atoms with Crippen LogP contribution in [0.5, 0.6) is 0 Å². The van der Waals surface area contributed by atoms with Gasteiger partial charge >= 0.3 is 153 Å². The molecule has 3 unspecified atom stereocenters. The summed E-state index contributed by atoms with van der Waals surface area (Å²) in [5, 5.41) is -1.25. The normalized spacial score (nSPS) is 14.9. The summed E-state index contributed by atoms with van der Waals surface area (Å²) in [4.78, 5) is 35.5. The molecule has 0 aliphatic heterocycles. The summed E-state index contributed by atoms with van der Waals surface area (Å²) in [6.45, 7) is 5.01. The molecular weight excluding hydrogens is 458 g/mol. The Bertz CT molecular complexity index is 338. The molecule has 0 radical (unpaired) electrons. The van der Waals surface area contributed by atoms with Crippen molar-refractivity contribution in [3.8, 4) is 0 Å². The van der Waals surface area contributed by atoms with E-state index in [-0.39, 0.29) is 0 Å². The molecule has 128 valence electrons. The maximum atomic E-state index is 11.8. The molecule has 0 aliphatic rings. The van der Waals surface area contributed by atoms with Crippen LogP contribution in [0.4, 0.5) is 0 Å². The molecule has 0 aliphatic carbocycles. The molecule has 0 aromatic heterocycles. The number of carbonyl (C=O) groups is 3. The third-order valence-electron chi connectivity index (χ3n) is 2.55. The third kappa shape index (κ3) is 8.22. The van der Waals surface area contributed by atoms with Crippen LogP contribution in [0.1, 0.15) is 20.8 Å². The van der Waals surface area contributed by atoms with Gasteiger partial charge in [-0.2, -0.15) is 0 Å². The molecule has 3 atom stereocenters. The van der Waals surface area contributed by atoms with Crippen LogP contribution in [0.25, 0.3) is 0 Å². The molecule has 0 heterocycles. The molecule has 0 spiro atoms. The Morgan fingerprint density at radius 3 is 1.09 bits per heavy atom. The first kappa shape index (κ1) is 22.3. The quantitative estimate of drug-likeness (QED) is 0.461. The predicted octanol–water partition coefficient (Wildman–Crippen LogP) is 1.86. The van der Waals surface area contributed by atoms with E-state index in [2.05, 4.69) is 0 Å². The zero-order valence-electron chi connectivity index (χ0n) is 13.4. The summed E-state index contributed by atoms with van der Waals surface area (Å²) in [6.07, 6.45) is 5.28. The SMILES string of the molecule is CSC(C)C(=O)[O][Sb]([O]C(=O)C(C)SC)[O]C(=O)C(C)SC. The van der Waals surface area contributed by atoms with Gasteiger partial charge < -0.3 is 0 Å². The first-order valence-corrected chi connectivity index (χ1v) is 13.3. The average molecular weight is 479 g/mol. The molecule has 10 heteroatoms. The van der Waals surface area contributed by atoms with E-state index in [1.807, 2.05) is 0 Å². The van der Waals surface area contributed by atoms with Crippen molar-refractivity contribution < 1.29 is 23.4 Å². The maximum absolute atomic E-state index is 11.8. The van der Waals surface area contributed by atoms with Gasteiger partial charge in [-0.1, -0.05) is 0 Å². The fourth-order valence-electron chi connectivity index (χ4n) is 0.788. The Morgan fingerprint density at radius 2 is 0.909 bits per heavy atom. The zero-order valence-corrected chi connectivity index (χ0v) is 18.4. The van der Waals surface area contributed by atoms with E-state index in [1.54, 1.807) is 39.5 Å². The minimum absolute atomic E-state index is 0.416. The number of carbonyl (C=O) groups excluding carboxylic acids is 3. The second-order valence-corrected chi connectivity index (χ2v) is 10.5. The van der Waals surface area contributed by atoms with Crippen LogP contribution in [0, 0.1) is 0 Å². The van der Waals surface area contributed by atoms with Crippen LogP contribution >= 0.6 is 35.3 Å². The van der Waals surface area contributed by atoms with E-state index in [1.165, 1.54) is 35.3 Å². The van der Waals surface area contributed by atoms with E-state index in [0.717, 1.165) is 0 Å². The molecule has 0 N–H and O–H groups in total. The topological polar surface area (TPSA) is 78.9 Å². The summed E-state index contributed by atoms with van der Waals surface area (Å²) in [6, 6.07) is 0. The van der Waals surface area contributed by atoms with Gasteiger partial charge in [-0.25, -0.2) is 0 Å². The third-order valence-corrected chi connectivity index (χ3v) is 8.07. The van der Waals surface area contributed by atoms with Gasteiger partial charge in [0.1, 0.15) is 0 Å². The van der Waals surface area contributed by atoms with E-state index in [4.69, 9.17) is 9.05 Å². The van der Waals surface area contributed by atoms with Crippen LogP contribution in [0.3, 0.4) is 0 Å². The van der Waals surface area contributed by atoms with E-state index in [9.17, 15) is 14.4 Å². The second-order valence-electron chi connectivity index (χ2n) is 4.09. The van der Waals surface area contributed by atoms with Crippen LogP contribution in [0.2, 0.25) is 0 Å². The van der Waals surface area contributed by atoms with Crippen LogP contribution in [-0.4, -0.2) is 73.9 Å². The number of hydrogen-bond acceptors (Lipinski definition) is 9. The Morgan fingerprint density at radius 1 is 0.682 bits per heavy atom. The van der Waals surface area contributed by atoms with Crippen molar-refractivity contribution in [2.24, 2.45) is 0 Å². The van der Waals surface area contributed by atoms with Crippen molar-refractivity contribution in [1.29, 1.82) is 0 Å². The van der Waals surface area contributed by atoms with Crippen molar-refractivity contribution in [3.05, 3.63) is 0 Å². The van der Waals surface area contributed by atoms with E-state index >= 15 is 0 Å². The van der Waals surface area contributed by atoms with Crippen LogP contribution in [0.15, 0.2) is 0 Å². The van der Waals surface area contributed by atoms with E-state index < -0.39 is 55.1 Å². The van der Waals surface area contributed by atoms with Crippen molar-refractivity contribution in [2.75, 3.05) is 18.8 Å². The molecule has 0 saturated carbocycles. The summed E-state index contributed by atoms with van der Waals surface area (Å²) in [5.41, 5.74) is 0. The molecule has 0 bridgehead atoms. The van der Waals surface area contributed by atoms with Gasteiger partial charge in [0.25, 0.3) is 0 Å². The standard InChI is InChI=1S/3C4H8O2S.Sb/c3*1-3(7-2)4(5)6;/h3*3H,1-2H3,(H,5,6);/q;;;+3/p-3. The van der Waals surface area contributed by atoms with Crippen LogP contribution < -0.4 is 0 Å². The molecule has 0 rings (SSSR count). The van der Waals surface area contributed by atoms with Gasteiger partial charge in [-0.3, -0.25) is 0 Å². The molecule has 0 aromatic carbocycles. The molecular formula is C12H21O6S3Sb. The van der Waals surface area contributed by atoms with Crippen molar-refractivity contribution in [1.82, 2.24) is 0 Å². The van der Waals surface area contributed by atoms with Crippen molar-refractivity contribution in [2.45, 2.75) is 36.5 Å². The number of hydrogen-bond donors (Lipinski definition) is 0. The first-order valence-electron chi connectivity index (χ1n) is 6.30. The van der Waals surface area contributed by atoms with Gasteiger partial charge in [0.2, 0.25) is 0 Å². The Labute approximate surface area is 152 Å². The monoisotopic (exact) mass is 478 g/mol. The summed E-state index contributed by atoms with van der Waals surface area (Å²) in [7, 11) is 0. The molecule has 0 fully saturated rings. The average Bonchev–Trinajstić information content (AvgIpc) is 2.51. The molecule has 22 heavy (non-hydrogen) atoms. The summed E-state index contributed by atoms with van der Waals surface area (Å²) < 4.78 is 15.5. The van der Waals surface area contributed by atoms with Gasteiger partial charge in [-0.15, -0.1) is 0 Å². The minimum atomic E-state index is -3.70. The Hall–Kier alpha value is 0.278. The fraction of sp³-hybridized carbons (Fsp3) is 0.750. The Kier molecular flexibility index (Phi) is 11.9. The number of rotatable bonds is 9. The van der Waals surface area contributed by atoms with Gasteiger partial charge in [0.05, 0.1) is 0 Å². The van der Waals surface area contributed by atoms with Crippen molar-refractivity contribution in [3.63, 3.8) is 0 Å². The molecule has 0 saturated heterocycles. The zero-order chi connectivity index (χ0) is 17.3. The van der Waals surface area contributed by atoms with Gasteiger partial charge in [0.15, 0.2) is 0 Å². The fourth-order valence-corrected chi connectivity index (χ4v) is 5.08. The van der Waals surface area contributed by atoms with Gasteiger partial charge in [0, 0.05) is 0 Å². The first-order chi connectivity index (χ1) is 10.3. The summed E-state index contributed by atoms with van der Waals surface area (Å²) >= 11 is 0.199.